The summed E-state index contributed by atoms with van der Waals surface area (Å²) in [5.74, 6) is 1.19. The molecule has 2 aliphatic rings. The minimum absolute atomic E-state index is 0.267. The van der Waals surface area contributed by atoms with Gasteiger partial charge < -0.3 is 9.64 Å². The van der Waals surface area contributed by atoms with Gasteiger partial charge in [-0.25, -0.2) is 12.7 Å². The SMILES string of the molecule is CCCCS(=O)(=O)N1CCC(N2CCC(Oc3ccncc3)CC2)CC1. The van der Waals surface area contributed by atoms with Crippen molar-refractivity contribution in [3.63, 3.8) is 0 Å². The smallest absolute Gasteiger partial charge is 0.214 e. The Labute approximate surface area is 157 Å². The highest BCUT2D eigenvalue weighted by atomic mass is 32.2. The first-order valence-electron chi connectivity index (χ1n) is 9.87. The Bertz CT molecular complexity index is 637. The summed E-state index contributed by atoms with van der Waals surface area (Å²) in [6.07, 6.45) is 9.40. The lowest BCUT2D eigenvalue weighted by Crippen LogP contribution is -2.50. The molecule has 0 saturated carbocycles. The van der Waals surface area contributed by atoms with E-state index in [9.17, 15) is 8.42 Å². The van der Waals surface area contributed by atoms with Crippen LogP contribution in [-0.2, 0) is 10.0 Å². The molecule has 2 aliphatic heterocycles. The summed E-state index contributed by atoms with van der Waals surface area (Å²) in [5, 5.41) is 0. The fourth-order valence-corrected chi connectivity index (χ4v) is 5.59. The molecule has 0 bridgehead atoms. The van der Waals surface area contributed by atoms with Gasteiger partial charge >= 0.3 is 0 Å². The highest BCUT2D eigenvalue weighted by Crippen LogP contribution is 2.24. The van der Waals surface area contributed by atoms with Crippen molar-refractivity contribution < 1.29 is 13.2 Å². The Morgan fingerprint density at radius 2 is 1.73 bits per heavy atom. The van der Waals surface area contributed by atoms with Gasteiger partial charge in [0.05, 0.1) is 5.75 Å². The molecular formula is C19H31N3O3S. The molecule has 0 radical (unpaired) electrons. The molecule has 0 atom stereocenters. The number of aromatic nitrogens is 1. The number of hydrogen-bond donors (Lipinski definition) is 0. The first-order chi connectivity index (χ1) is 12.6. The maximum Gasteiger partial charge on any atom is 0.214 e. The van der Waals surface area contributed by atoms with Crippen molar-refractivity contribution in [1.29, 1.82) is 0 Å². The molecule has 2 saturated heterocycles. The van der Waals surface area contributed by atoms with E-state index < -0.39 is 10.0 Å². The Morgan fingerprint density at radius 1 is 1.08 bits per heavy atom. The molecule has 0 N–H and O–H groups in total. The molecule has 6 nitrogen and oxygen atoms in total. The monoisotopic (exact) mass is 381 g/mol. The number of hydrogen-bond acceptors (Lipinski definition) is 5. The van der Waals surface area contributed by atoms with Gasteiger partial charge in [0.1, 0.15) is 11.9 Å². The Hall–Kier alpha value is -1.18. The van der Waals surface area contributed by atoms with E-state index in [0.29, 0.717) is 24.9 Å². The van der Waals surface area contributed by atoms with E-state index in [-0.39, 0.29) is 6.10 Å². The van der Waals surface area contributed by atoms with Crippen LogP contribution in [0.4, 0.5) is 0 Å². The summed E-state index contributed by atoms with van der Waals surface area (Å²) >= 11 is 0. The average molecular weight is 382 g/mol. The van der Waals surface area contributed by atoms with Crippen molar-refractivity contribution in [2.45, 2.75) is 57.6 Å². The minimum atomic E-state index is -3.05. The van der Waals surface area contributed by atoms with E-state index in [1.807, 2.05) is 19.1 Å². The van der Waals surface area contributed by atoms with E-state index in [1.54, 1.807) is 16.7 Å². The highest BCUT2D eigenvalue weighted by Gasteiger charge is 2.32. The largest absolute Gasteiger partial charge is 0.490 e. The van der Waals surface area contributed by atoms with E-state index in [0.717, 1.165) is 57.4 Å². The quantitative estimate of drug-likeness (QED) is 0.726. The summed E-state index contributed by atoms with van der Waals surface area (Å²) in [6.45, 7) is 5.43. The van der Waals surface area contributed by atoms with Gasteiger partial charge in [-0.1, -0.05) is 13.3 Å². The molecule has 146 valence electrons. The second-order valence-corrected chi connectivity index (χ2v) is 9.42. The van der Waals surface area contributed by atoms with Crippen LogP contribution in [0.15, 0.2) is 24.5 Å². The fourth-order valence-electron chi connectivity index (χ4n) is 3.91. The van der Waals surface area contributed by atoms with Crippen LogP contribution >= 0.6 is 0 Å². The van der Waals surface area contributed by atoms with Crippen LogP contribution in [-0.4, -0.2) is 66.7 Å². The maximum atomic E-state index is 12.3. The summed E-state index contributed by atoms with van der Waals surface area (Å²) < 4.78 is 32.4. The third kappa shape index (κ3) is 5.18. The predicted molar refractivity (Wildman–Crippen MR) is 103 cm³/mol. The van der Waals surface area contributed by atoms with Crippen LogP contribution in [0.25, 0.3) is 0 Å². The van der Waals surface area contributed by atoms with Crippen molar-refractivity contribution in [3.05, 3.63) is 24.5 Å². The molecule has 2 fully saturated rings. The molecule has 1 aromatic heterocycles. The van der Waals surface area contributed by atoms with Crippen LogP contribution in [0.1, 0.15) is 45.4 Å². The van der Waals surface area contributed by atoms with Gasteiger partial charge in [0.2, 0.25) is 10.0 Å². The number of likely N-dealkylation sites (tertiary alicyclic amines) is 1. The number of piperidine rings is 2. The number of rotatable bonds is 7. The third-order valence-electron chi connectivity index (χ3n) is 5.52. The van der Waals surface area contributed by atoms with Gasteiger partial charge in [-0.2, -0.15) is 0 Å². The first-order valence-corrected chi connectivity index (χ1v) is 11.5. The van der Waals surface area contributed by atoms with E-state index in [2.05, 4.69) is 9.88 Å². The Kier molecular flexibility index (Phi) is 6.89. The Morgan fingerprint density at radius 3 is 2.35 bits per heavy atom. The third-order valence-corrected chi connectivity index (χ3v) is 7.47. The zero-order chi connectivity index (χ0) is 18.4. The molecular weight excluding hydrogens is 350 g/mol. The highest BCUT2D eigenvalue weighted by molar-refractivity contribution is 7.89. The summed E-state index contributed by atoms with van der Waals surface area (Å²) in [5.41, 5.74) is 0. The molecule has 0 aliphatic carbocycles. The van der Waals surface area contributed by atoms with Crippen molar-refractivity contribution in [2.24, 2.45) is 0 Å². The molecule has 0 aromatic carbocycles. The zero-order valence-electron chi connectivity index (χ0n) is 15.7. The molecule has 7 heteroatoms. The lowest BCUT2D eigenvalue weighted by Gasteiger charge is -2.41. The predicted octanol–water partition coefficient (Wildman–Crippen LogP) is 2.52. The number of nitrogens with zero attached hydrogens (tertiary/aromatic N) is 3. The fraction of sp³-hybridized carbons (Fsp3) is 0.737. The second-order valence-electron chi connectivity index (χ2n) is 7.34. The zero-order valence-corrected chi connectivity index (χ0v) is 16.5. The summed E-state index contributed by atoms with van der Waals surface area (Å²) in [7, 11) is -3.05. The van der Waals surface area contributed by atoms with Gasteiger partial charge in [0.15, 0.2) is 0 Å². The van der Waals surface area contributed by atoms with Gasteiger partial charge in [0.25, 0.3) is 0 Å². The number of unbranched alkanes of at least 4 members (excludes halogenated alkanes) is 1. The molecule has 26 heavy (non-hydrogen) atoms. The van der Waals surface area contributed by atoms with Crippen molar-refractivity contribution >= 4 is 10.0 Å². The number of ether oxygens (including phenoxy) is 1. The molecule has 0 amide bonds. The van der Waals surface area contributed by atoms with Gasteiger partial charge in [-0.15, -0.1) is 0 Å². The molecule has 1 aromatic rings. The number of pyridine rings is 1. The maximum absolute atomic E-state index is 12.3. The lowest BCUT2D eigenvalue weighted by molar-refractivity contribution is 0.0585. The van der Waals surface area contributed by atoms with Crippen LogP contribution in [0.5, 0.6) is 5.75 Å². The second kappa shape index (κ2) is 9.15. The van der Waals surface area contributed by atoms with Crippen molar-refractivity contribution in [2.75, 3.05) is 31.9 Å². The molecule has 3 rings (SSSR count). The minimum Gasteiger partial charge on any atom is -0.490 e. The lowest BCUT2D eigenvalue weighted by atomic mass is 10.00. The van der Waals surface area contributed by atoms with Gasteiger partial charge in [-0.3, -0.25) is 4.98 Å². The topological polar surface area (TPSA) is 62.7 Å². The molecule has 0 spiro atoms. The van der Waals surface area contributed by atoms with Crippen LogP contribution in [0, 0.1) is 0 Å². The van der Waals surface area contributed by atoms with E-state index >= 15 is 0 Å². The van der Waals surface area contributed by atoms with Crippen molar-refractivity contribution in [1.82, 2.24) is 14.2 Å². The standard InChI is InChI=1S/C19H31N3O3S/c1-2-3-16-26(23,24)22-14-6-17(7-15-22)21-12-8-19(9-13-21)25-18-4-10-20-11-5-18/h4-5,10-11,17,19H,2-3,6-9,12-16H2,1H3. The van der Waals surface area contributed by atoms with Crippen molar-refractivity contribution in [3.8, 4) is 5.75 Å². The van der Waals surface area contributed by atoms with Gasteiger partial charge in [-0.05, 0) is 44.2 Å². The van der Waals surface area contributed by atoms with Crippen LogP contribution in [0.3, 0.4) is 0 Å². The first kappa shape index (κ1) is 19.6. The average Bonchev–Trinajstić information content (AvgIpc) is 2.68. The molecule has 0 unspecified atom stereocenters. The number of sulfonamides is 1. The van der Waals surface area contributed by atoms with Crippen LogP contribution in [0.2, 0.25) is 0 Å². The summed E-state index contributed by atoms with van der Waals surface area (Å²) in [6, 6.07) is 4.32. The van der Waals surface area contributed by atoms with E-state index in [1.165, 1.54) is 0 Å². The normalized spacial score (nSPS) is 21.7. The van der Waals surface area contributed by atoms with Gasteiger partial charge in [0, 0.05) is 44.6 Å². The van der Waals surface area contributed by atoms with Crippen LogP contribution < -0.4 is 4.74 Å². The Balaban J connectivity index is 1.42. The van der Waals surface area contributed by atoms with E-state index in [4.69, 9.17) is 4.74 Å². The molecule has 3 heterocycles. The summed E-state index contributed by atoms with van der Waals surface area (Å²) in [4.78, 5) is 6.55.